The summed E-state index contributed by atoms with van der Waals surface area (Å²) in [7, 11) is 0. The van der Waals surface area contributed by atoms with E-state index in [9.17, 15) is 4.79 Å². The summed E-state index contributed by atoms with van der Waals surface area (Å²) in [5, 5.41) is 14.4. The second-order valence-electron chi connectivity index (χ2n) is 3.73. The van der Waals surface area contributed by atoms with E-state index in [1.165, 1.54) is 6.20 Å². The van der Waals surface area contributed by atoms with Gasteiger partial charge in [-0.3, -0.25) is 0 Å². The van der Waals surface area contributed by atoms with Gasteiger partial charge in [0.05, 0.1) is 0 Å². The Labute approximate surface area is 105 Å². The molecule has 1 aromatic rings. The lowest BCUT2D eigenvalue weighted by atomic mass is 10.2. The van der Waals surface area contributed by atoms with Crippen LogP contribution in [-0.2, 0) is 0 Å². The molecule has 1 atom stereocenters. The fraction of sp³-hybridized carbons (Fsp3) is 0.455. The molecule has 0 saturated heterocycles. The van der Waals surface area contributed by atoms with Gasteiger partial charge < -0.3 is 15.7 Å². The summed E-state index contributed by atoms with van der Waals surface area (Å²) in [5.74, 6) is 0. The third-order valence-corrected chi connectivity index (χ3v) is 2.36. The number of nitrogens with zero attached hydrogens (tertiary/aromatic N) is 1. The normalized spacial score (nSPS) is 11.9. The van der Waals surface area contributed by atoms with E-state index in [2.05, 4.69) is 15.6 Å². The summed E-state index contributed by atoms with van der Waals surface area (Å²) in [5.41, 5.74) is 0.594. The van der Waals surface area contributed by atoms with Crippen LogP contribution in [0.3, 0.4) is 0 Å². The minimum atomic E-state index is -0.294. The van der Waals surface area contributed by atoms with Crippen LogP contribution in [0, 0.1) is 0 Å². The molecular formula is C11H16ClN3O2. The van der Waals surface area contributed by atoms with Crippen LogP contribution in [0.15, 0.2) is 18.3 Å². The monoisotopic (exact) mass is 257 g/mol. The van der Waals surface area contributed by atoms with Gasteiger partial charge >= 0.3 is 6.03 Å². The van der Waals surface area contributed by atoms with E-state index in [0.717, 1.165) is 6.42 Å². The Morgan fingerprint density at radius 2 is 2.41 bits per heavy atom. The van der Waals surface area contributed by atoms with Crippen LogP contribution >= 0.6 is 11.6 Å². The molecule has 6 heteroatoms. The molecule has 17 heavy (non-hydrogen) atoms. The zero-order chi connectivity index (χ0) is 12.7. The average Bonchev–Trinajstić information content (AvgIpc) is 2.26. The Morgan fingerprint density at radius 3 is 3.06 bits per heavy atom. The van der Waals surface area contributed by atoms with Crippen molar-refractivity contribution in [3.63, 3.8) is 0 Å². The molecule has 0 fully saturated rings. The van der Waals surface area contributed by atoms with E-state index >= 15 is 0 Å². The van der Waals surface area contributed by atoms with E-state index in [1.54, 1.807) is 12.1 Å². The lowest BCUT2D eigenvalue weighted by molar-refractivity contribution is 0.245. The fourth-order valence-electron chi connectivity index (χ4n) is 1.34. The number of anilines is 1. The quantitative estimate of drug-likeness (QED) is 0.707. The van der Waals surface area contributed by atoms with Crippen LogP contribution in [0.2, 0.25) is 5.15 Å². The highest BCUT2D eigenvalue weighted by atomic mass is 35.5. The second-order valence-corrected chi connectivity index (χ2v) is 4.12. The van der Waals surface area contributed by atoms with Crippen molar-refractivity contribution in [3.8, 4) is 0 Å². The predicted molar refractivity (Wildman–Crippen MR) is 67.2 cm³/mol. The Hall–Kier alpha value is -1.33. The number of aromatic nitrogens is 1. The van der Waals surface area contributed by atoms with E-state index in [1.807, 2.05) is 6.92 Å². The van der Waals surface area contributed by atoms with Crippen LogP contribution in [0.25, 0.3) is 0 Å². The first-order valence-corrected chi connectivity index (χ1v) is 5.79. The Kier molecular flexibility index (Phi) is 5.72. The number of urea groups is 1. The molecule has 0 spiro atoms. The van der Waals surface area contributed by atoms with Crippen LogP contribution in [0.4, 0.5) is 10.5 Å². The molecule has 94 valence electrons. The smallest absolute Gasteiger partial charge is 0.319 e. The maximum Gasteiger partial charge on any atom is 0.319 e. The number of rotatable bonds is 5. The van der Waals surface area contributed by atoms with Crippen molar-refractivity contribution in [2.75, 3.05) is 11.9 Å². The summed E-state index contributed by atoms with van der Waals surface area (Å²) in [4.78, 5) is 15.4. The minimum absolute atomic E-state index is 0.0134. The molecule has 2 amide bonds. The zero-order valence-corrected chi connectivity index (χ0v) is 10.4. The number of carbonyl (C=O) groups is 1. The number of amides is 2. The first kappa shape index (κ1) is 13.7. The number of hydrogen-bond acceptors (Lipinski definition) is 3. The molecule has 0 radical (unpaired) electrons. The van der Waals surface area contributed by atoms with Gasteiger partial charge in [-0.25, -0.2) is 9.78 Å². The maximum absolute atomic E-state index is 11.5. The summed E-state index contributed by atoms with van der Waals surface area (Å²) in [6.07, 6.45) is 2.93. The highest BCUT2D eigenvalue weighted by Gasteiger charge is 2.07. The first-order chi connectivity index (χ1) is 8.11. The summed E-state index contributed by atoms with van der Waals surface area (Å²) >= 11 is 5.69. The van der Waals surface area contributed by atoms with Crippen molar-refractivity contribution in [2.45, 2.75) is 25.8 Å². The Morgan fingerprint density at radius 1 is 1.65 bits per heavy atom. The Balaban J connectivity index is 2.39. The predicted octanol–water partition coefficient (Wildman–Crippen LogP) is 2.02. The zero-order valence-electron chi connectivity index (χ0n) is 9.61. The number of carbonyl (C=O) groups excluding carboxylic acids is 1. The van der Waals surface area contributed by atoms with Crippen molar-refractivity contribution in [1.29, 1.82) is 0 Å². The molecule has 0 saturated carbocycles. The van der Waals surface area contributed by atoms with E-state index in [4.69, 9.17) is 16.7 Å². The van der Waals surface area contributed by atoms with Crippen LogP contribution < -0.4 is 10.6 Å². The third-order valence-electron chi connectivity index (χ3n) is 2.16. The van der Waals surface area contributed by atoms with Gasteiger partial charge in [-0.1, -0.05) is 11.6 Å². The number of aliphatic hydroxyl groups is 1. The van der Waals surface area contributed by atoms with E-state index < -0.39 is 0 Å². The summed E-state index contributed by atoms with van der Waals surface area (Å²) < 4.78 is 0. The first-order valence-electron chi connectivity index (χ1n) is 5.41. The lowest BCUT2D eigenvalue weighted by Gasteiger charge is -2.13. The molecule has 0 bridgehead atoms. The molecular weight excluding hydrogens is 242 g/mol. The molecule has 5 nitrogen and oxygen atoms in total. The molecule has 0 aliphatic carbocycles. The van der Waals surface area contributed by atoms with Crippen LogP contribution in [0.5, 0.6) is 0 Å². The van der Waals surface area contributed by atoms with E-state index in [0.29, 0.717) is 17.3 Å². The molecule has 3 N–H and O–H groups in total. The highest BCUT2D eigenvalue weighted by Crippen LogP contribution is 2.11. The summed E-state index contributed by atoms with van der Waals surface area (Å²) in [6, 6.07) is 2.95. The second kappa shape index (κ2) is 7.09. The fourth-order valence-corrected chi connectivity index (χ4v) is 1.51. The number of halogens is 1. The third kappa shape index (κ3) is 5.51. The van der Waals surface area contributed by atoms with Crippen LogP contribution in [-0.4, -0.2) is 28.8 Å². The Bertz CT molecular complexity index is 373. The van der Waals surface area contributed by atoms with Gasteiger partial charge in [-0.15, -0.1) is 0 Å². The van der Waals surface area contributed by atoms with Gasteiger partial charge in [-0.05, 0) is 31.9 Å². The van der Waals surface area contributed by atoms with Gasteiger partial charge in [0.2, 0.25) is 0 Å². The molecule has 1 aromatic heterocycles. The van der Waals surface area contributed by atoms with Crippen LogP contribution in [0.1, 0.15) is 19.8 Å². The van der Waals surface area contributed by atoms with Gasteiger partial charge in [-0.2, -0.15) is 0 Å². The molecule has 1 heterocycles. The van der Waals surface area contributed by atoms with Crippen molar-refractivity contribution in [2.24, 2.45) is 0 Å². The van der Waals surface area contributed by atoms with Crippen molar-refractivity contribution >= 4 is 23.3 Å². The highest BCUT2D eigenvalue weighted by molar-refractivity contribution is 6.29. The van der Waals surface area contributed by atoms with Crippen molar-refractivity contribution < 1.29 is 9.90 Å². The lowest BCUT2D eigenvalue weighted by Crippen LogP contribution is -2.36. The van der Waals surface area contributed by atoms with Gasteiger partial charge in [0.25, 0.3) is 0 Å². The van der Waals surface area contributed by atoms with E-state index in [-0.39, 0.29) is 18.7 Å². The number of pyridine rings is 1. The largest absolute Gasteiger partial charge is 0.396 e. The van der Waals surface area contributed by atoms with Gasteiger partial charge in [0.1, 0.15) is 5.15 Å². The SMILES string of the molecule is CC(CCCO)NC(=O)Nc1ccnc(Cl)c1. The summed E-state index contributed by atoms with van der Waals surface area (Å²) in [6.45, 7) is 2.02. The molecule has 1 rings (SSSR count). The number of aliphatic hydroxyl groups excluding tert-OH is 1. The van der Waals surface area contributed by atoms with Gasteiger partial charge in [0.15, 0.2) is 0 Å². The molecule has 0 aliphatic rings. The topological polar surface area (TPSA) is 74.2 Å². The molecule has 0 aromatic carbocycles. The maximum atomic E-state index is 11.5. The van der Waals surface area contributed by atoms with Gasteiger partial charge in [0, 0.05) is 24.5 Å². The number of hydrogen-bond donors (Lipinski definition) is 3. The molecule has 1 unspecified atom stereocenters. The minimum Gasteiger partial charge on any atom is -0.396 e. The number of nitrogens with one attached hydrogen (secondary N) is 2. The van der Waals surface area contributed by atoms with Crippen molar-refractivity contribution in [1.82, 2.24) is 10.3 Å². The molecule has 0 aliphatic heterocycles. The van der Waals surface area contributed by atoms with Crippen molar-refractivity contribution in [3.05, 3.63) is 23.5 Å². The average molecular weight is 258 g/mol. The standard InChI is InChI=1S/C11H16ClN3O2/c1-8(3-2-6-16)14-11(17)15-9-4-5-13-10(12)7-9/h4-5,7-8,16H,2-3,6H2,1H3,(H2,13,14,15,17).